The Morgan fingerprint density at radius 3 is 2.65 bits per heavy atom. The van der Waals surface area contributed by atoms with Crippen LogP contribution < -0.4 is 10.5 Å². The van der Waals surface area contributed by atoms with Crippen LogP contribution in [0, 0.1) is 17.1 Å². The second kappa shape index (κ2) is 4.54. The summed E-state index contributed by atoms with van der Waals surface area (Å²) in [5.41, 5.74) is 6.34. The molecule has 0 atom stereocenters. The summed E-state index contributed by atoms with van der Waals surface area (Å²) in [7, 11) is 0. The number of hydrogen-bond acceptors (Lipinski definition) is 3. The number of halogens is 1. The number of benzene rings is 2. The fourth-order valence-corrected chi connectivity index (χ4v) is 1.36. The van der Waals surface area contributed by atoms with Gasteiger partial charge in [-0.1, -0.05) is 12.1 Å². The van der Waals surface area contributed by atoms with Crippen LogP contribution >= 0.6 is 0 Å². The normalized spacial score (nSPS) is 9.65. The van der Waals surface area contributed by atoms with Crippen LogP contribution in [0.15, 0.2) is 42.5 Å². The fraction of sp³-hybridized carbons (Fsp3) is 0. The van der Waals surface area contributed by atoms with Gasteiger partial charge in [-0.25, -0.2) is 4.39 Å². The summed E-state index contributed by atoms with van der Waals surface area (Å²) >= 11 is 0. The van der Waals surface area contributed by atoms with E-state index in [1.165, 1.54) is 18.2 Å². The van der Waals surface area contributed by atoms with Crippen LogP contribution in [0.25, 0.3) is 0 Å². The lowest BCUT2D eigenvalue weighted by molar-refractivity contribution is 0.478. The molecule has 0 heterocycles. The van der Waals surface area contributed by atoms with Gasteiger partial charge in [0.05, 0.1) is 11.3 Å². The van der Waals surface area contributed by atoms with E-state index in [9.17, 15) is 4.39 Å². The zero-order valence-electron chi connectivity index (χ0n) is 8.85. The number of para-hydroxylation sites is 1. The highest BCUT2D eigenvalue weighted by Crippen LogP contribution is 2.29. The zero-order chi connectivity index (χ0) is 12.3. The first-order valence-electron chi connectivity index (χ1n) is 4.92. The van der Waals surface area contributed by atoms with Crippen molar-refractivity contribution in [3.8, 4) is 17.6 Å². The Morgan fingerprint density at radius 2 is 1.88 bits per heavy atom. The molecule has 0 saturated carbocycles. The topological polar surface area (TPSA) is 59.0 Å². The summed E-state index contributed by atoms with van der Waals surface area (Å²) in [5.74, 6) is 0.114. The molecule has 84 valence electrons. The molecule has 0 saturated heterocycles. The number of nitrogens with zero attached hydrogens (tertiary/aromatic N) is 1. The maximum absolute atomic E-state index is 13.0. The van der Waals surface area contributed by atoms with E-state index in [-0.39, 0.29) is 5.75 Å². The quantitative estimate of drug-likeness (QED) is 0.803. The fourth-order valence-electron chi connectivity index (χ4n) is 1.36. The van der Waals surface area contributed by atoms with Crippen molar-refractivity contribution in [3.63, 3.8) is 0 Å². The van der Waals surface area contributed by atoms with Gasteiger partial charge in [-0.05, 0) is 24.3 Å². The van der Waals surface area contributed by atoms with Gasteiger partial charge >= 0.3 is 0 Å². The highest BCUT2D eigenvalue weighted by molar-refractivity contribution is 5.55. The lowest BCUT2D eigenvalue weighted by Crippen LogP contribution is -1.94. The van der Waals surface area contributed by atoms with Crippen LogP contribution in [-0.2, 0) is 0 Å². The number of nitrogen functional groups attached to an aromatic ring is 1. The first kappa shape index (κ1) is 11.0. The monoisotopic (exact) mass is 228 g/mol. The van der Waals surface area contributed by atoms with Crippen molar-refractivity contribution in [3.05, 3.63) is 53.8 Å². The average Bonchev–Trinajstić information content (AvgIpc) is 2.34. The van der Waals surface area contributed by atoms with E-state index in [0.717, 1.165) is 0 Å². The Labute approximate surface area is 97.9 Å². The summed E-state index contributed by atoms with van der Waals surface area (Å²) in [6.45, 7) is 0. The van der Waals surface area contributed by atoms with E-state index < -0.39 is 5.82 Å². The lowest BCUT2D eigenvalue weighted by Gasteiger charge is -2.09. The Hall–Kier alpha value is -2.54. The van der Waals surface area contributed by atoms with Gasteiger partial charge in [-0.15, -0.1) is 0 Å². The third-order valence-corrected chi connectivity index (χ3v) is 2.20. The molecule has 2 rings (SSSR count). The summed E-state index contributed by atoms with van der Waals surface area (Å²) < 4.78 is 18.5. The van der Waals surface area contributed by atoms with Gasteiger partial charge in [0.25, 0.3) is 0 Å². The number of hydrogen-bond donors (Lipinski definition) is 1. The molecular weight excluding hydrogens is 219 g/mol. The molecule has 2 N–H and O–H groups in total. The number of anilines is 1. The molecule has 0 aliphatic carbocycles. The Morgan fingerprint density at radius 1 is 1.12 bits per heavy atom. The second-order valence-corrected chi connectivity index (χ2v) is 3.39. The molecule has 2 aromatic rings. The molecule has 0 amide bonds. The average molecular weight is 228 g/mol. The van der Waals surface area contributed by atoms with E-state index in [2.05, 4.69) is 0 Å². The van der Waals surface area contributed by atoms with Crippen molar-refractivity contribution in [1.82, 2.24) is 0 Å². The predicted octanol–water partition coefficient (Wildman–Crippen LogP) is 3.07. The minimum atomic E-state index is -0.441. The van der Waals surface area contributed by atoms with E-state index in [1.807, 2.05) is 6.07 Å². The highest BCUT2D eigenvalue weighted by atomic mass is 19.1. The lowest BCUT2D eigenvalue weighted by atomic mass is 10.2. The van der Waals surface area contributed by atoms with Gasteiger partial charge in [0.2, 0.25) is 0 Å². The molecule has 3 nitrogen and oxygen atoms in total. The van der Waals surface area contributed by atoms with Crippen LogP contribution in [-0.4, -0.2) is 0 Å². The summed E-state index contributed by atoms with van der Waals surface area (Å²) in [6.07, 6.45) is 0. The zero-order valence-corrected chi connectivity index (χ0v) is 8.85. The Balaban J connectivity index is 2.38. The molecule has 17 heavy (non-hydrogen) atoms. The molecule has 0 fully saturated rings. The maximum atomic E-state index is 13.0. The minimum Gasteiger partial charge on any atom is -0.454 e. The standard InChI is InChI=1S/C13H9FN2O/c14-10-5-6-11(16)13(7-10)17-12-4-2-1-3-9(12)8-15/h1-7H,16H2. The first-order chi connectivity index (χ1) is 8.20. The van der Waals surface area contributed by atoms with Crippen molar-refractivity contribution in [2.24, 2.45) is 0 Å². The third kappa shape index (κ3) is 2.34. The number of rotatable bonds is 2. The molecule has 0 unspecified atom stereocenters. The molecule has 2 aromatic carbocycles. The van der Waals surface area contributed by atoms with Gasteiger partial charge in [0.15, 0.2) is 5.75 Å². The molecule has 0 aromatic heterocycles. The molecule has 0 bridgehead atoms. The maximum Gasteiger partial charge on any atom is 0.153 e. The van der Waals surface area contributed by atoms with Crippen LogP contribution in [0.5, 0.6) is 11.5 Å². The van der Waals surface area contributed by atoms with Crippen LogP contribution in [0.2, 0.25) is 0 Å². The molecule has 4 heteroatoms. The first-order valence-corrected chi connectivity index (χ1v) is 4.92. The summed E-state index contributed by atoms with van der Waals surface area (Å²) in [5, 5.41) is 8.89. The van der Waals surface area contributed by atoms with E-state index in [1.54, 1.807) is 24.3 Å². The Kier molecular flexibility index (Phi) is 2.93. The molecular formula is C13H9FN2O. The third-order valence-electron chi connectivity index (χ3n) is 2.20. The van der Waals surface area contributed by atoms with Crippen molar-refractivity contribution in [1.29, 1.82) is 5.26 Å². The van der Waals surface area contributed by atoms with Crippen LogP contribution in [0.4, 0.5) is 10.1 Å². The number of ether oxygens (including phenoxy) is 1. The van der Waals surface area contributed by atoms with E-state index in [4.69, 9.17) is 15.7 Å². The molecule has 0 spiro atoms. The van der Waals surface area contributed by atoms with Crippen LogP contribution in [0.3, 0.4) is 0 Å². The van der Waals surface area contributed by atoms with E-state index in [0.29, 0.717) is 17.0 Å². The molecule has 0 aliphatic heterocycles. The van der Waals surface area contributed by atoms with Crippen LogP contribution in [0.1, 0.15) is 5.56 Å². The van der Waals surface area contributed by atoms with Crippen molar-refractivity contribution in [2.45, 2.75) is 0 Å². The van der Waals surface area contributed by atoms with Gasteiger partial charge in [0.1, 0.15) is 17.6 Å². The van der Waals surface area contributed by atoms with Crippen molar-refractivity contribution >= 4 is 5.69 Å². The largest absolute Gasteiger partial charge is 0.454 e. The molecule has 0 aliphatic rings. The summed E-state index contributed by atoms with van der Waals surface area (Å²) in [4.78, 5) is 0. The van der Waals surface area contributed by atoms with Gasteiger partial charge in [-0.3, -0.25) is 0 Å². The minimum absolute atomic E-state index is 0.202. The van der Waals surface area contributed by atoms with Crippen molar-refractivity contribution in [2.75, 3.05) is 5.73 Å². The van der Waals surface area contributed by atoms with E-state index >= 15 is 0 Å². The summed E-state index contributed by atoms with van der Waals surface area (Å²) in [6, 6.07) is 12.5. The Bertz CT molecular complexity index is 590. The van der Waals surface area contributed by atoms with Gasteiger partial charge in [0, 0.05) is 6.07 Å². The molecule has 0 radical (unpaired) electrons. The second-order valence-electron chi connectivity index (χ2n) is 3.39. The SMILES string of the molecule is N#Cc1ccccc1Oc1cc(F)ccc1N. The number of nitrogens with two attached hydrogens (primary N) is 1. The number of nitriles is 1. The smallest absolute Gasteiger partial charge is 0.153 e. The van der Waals surface area contributed by atoms with Gasteiger partial charge in [-0.2, -0.15) is 5.26 Å². The van der Waals surface area contributed by atoms with Crippen molar-refractivity contribution < 1.29 is 9.13 Å². The highest BCUT2D eigenvalue weighted by Gasteiger charge is 2.07. The van der Waals surface area contributed by atoms with Gasteiger partial charge < -0.3 is 10.5 Å². The predicted molar refractivity (Wildman–Crippen MR) is 62.0 cm³/mol.